The van der Waals surface area contributed by atoms with Gasteiger partial charge in [0.05, 0.1) is 17.5 Å². The third-order valence-electron chi connectivity index (χ3n) is 7.92. The van der Waals surface area contributed by atoms with E-state index in [0.29, 0.717) is 43.1 Å². The number of para-hydroxylation sites is 1. The fourth-order valence-electron chi connectivity index (χ4n) is 6.36. The van der Waals surface area contributed by atoms with Gasteiger partial charge >= 0.3 is 5.97 Å². The molecule has 0 aromatic heterocycles. The van der Waals surface area contributed by atoms with E-state index >= 15 is 0 Å². The lowest BCUT2D eigenvalue weighted by Crippen LogP contribution is -2.49. The number of nitrogens with zero attached hydrogens (tertiary/aromatic N) is 2. The molecule has 8 heteroatoms. The quantitative estimate of drug-likeness (QED) is 0.706. The molecule has 0 radical (unpaired) electrons. The lowest BCUT2D eigenvalue weighted by molar-refractivity contribution is -0.145. The first-order valence-corrected chi connectivity index (χ1v) is 11.9. The number of piperazine rings is 1. The standard InChI is InChI=1S/C26H26FN3O4/c27-19-6-1-2-7-20(19)29-8-10-30(11-9-29)25(32)15-4-3-5-17(12-15)28-24(31)22-16-13-18-21(14-16)34-26(33)23(18)22/h1-7,12,16,18,21-23H,8-11,13-14H2,(H,28,31)/t16-,18+,21+,22-,23+/m0/s1. The summed E-state index contributed by atoms with van der Waals surface area (Å²) in [4.78, 5) is 42.1. The number of benzene rings is 2. The smallest absolute Gasteiger partial charge is 0.310 e. The molecule has 6 rings (SSSR count). The minimum absolute atomic E-state index is 0.00801. The molecule has 7 nitrogen and oxygen atoms in total. The molecule has 176 valence electrons. The van der Waals surface area contributed by atoms with Crippen molar-refractivity contribution < 1.29 is 23.5 Å². The maximum atomic E-state index is 14.1. The Morgan fingerprint density at radius 3 is 2.59 bits per heavy atom. The molecule has 2 saturated heterocycles. The zero-order valence-electron chi connectivity index (χ0n) is 18.7. The van der Waals surface area contributed by atoms with Crippen LogP contribution in [0.4, 0.5) is 15.8 Å². The van der Waals surface area contributed by atoms with E-state index in [1.54, 1.807) is 47.4 Å². The summed E-state index contributed by atoms with van der Waals surface area (Å²) in [5.41, 5.74) is 1.59. The van der Waals surface area contributed by atoms with E-state index in [2.05, 4.69) is 5.32 Å². The summed E-state index contributed by atoms with van der Waals surface area (Å²) in [6.45, 7) is 2.07. The Morgan fingerprint density at radius 2 is 1.79 bits per heavy atom. The minimum atomic E-state index is -0.359. The Morgan fingerprint density at radius 1 is 1.00 bits per heavy atom. The second-order valence-corrected chi connectivity index (χ2v) is 9.72. The molecule has 0 unspecified atom stereocenters. The van der Waals surface area contributed by atoms with Crippen LogP contribution in [-0.4, -0.2) is 55.0 Å². The first-order valence-electron chi connectivity index (χ1n) is 11.9. The van der Waals surface area contributed by atoms with E-state index < -0.39 is 0 Å². The average molecular weight is 464 g/mol. The highest BCUT2D eigenvalue weighted by molar-refractivity contribution is 5.99. The Kier molecular flexibility index (Phi) is 5.04. The Bertz CT molecular complexity index is 1160. The molecule has 2 bridgehead atoms. The van der Waals surface area contributed by atoms with Crippen LogP contribution >= 0.6 is 0 Å². The zero-order chi connectivity index (χ0) is 23.4. The van der Waals surface area contributed by atoms with Gasteiger partial charge in [0.2, 0.25) is 5.91 Å². The number of fused-ring (bicyclic) bond motifs is 1. The predicted molar refractivity (Wildman–Crippen MR) is 123 cm³/mol. The Labute approximate surface area is 196 Å². The van der Waals surface area contributed by atoms with Gasteiger partial charge in [0.15, 0.2) is 0 Å². The summed E-state index contributed by atoms with van der Waals surface area (Å²) in [5, 5.41) is 2.94. The normalized spacial score (nSPS) is 29.3. The van der Waals surface area contributed by atoms with Crippen molar-refractivity contribution in [3.8, 4) is 0 Å². The van der Waals surface area contributed by atoms with Crippen LogP contribution in [-0.2, 0) is 14.3 Å². The van der Waals surface area contributed by atoms with Crippen LogP contribution in [0.3, 0.4) is 0 Å². The van der Waals surface area contributed by atoms with Crippen LogP contribution in [0.15, 0.2) is 48.5 Å². The Hall–Kier alpha value is -3.42. The van der Waals surface area contributed by atoms with Crippen molar-refractivity contribution in [2.24, 2.45) is 23.7 Å². The van der Waals surface area contributed by atoms with E-state index in [4.69, 9.17) is 4.74 Å². The van der Waals surface area contributed by atoms with Crippen molar-refractivity contribution in [2.45, 2.75) is 18.9 Å². The first-order chi connectivity index (χ1) is 16.5. The maximum absolute atomic E-state index is 14.1. The molecule has 4 aliphatic rings. The number of amides is 2. The number of rotatable bonds is 4. The summed E-state index contributed by atoms with van der Waals surface area (Å²) in [6, 6.07) is 13.6. The van der Waals surface area contributed by atoms with Gasteiger partial charge in [-0.15, -0.1) is 0 Å². The van der Waals surface area contributed by atoms with E-state index in [1.165, 1.54) is 6.07 Å². The second kappa shape index (κ2) is 8.11. The van der Waals surface area contributed by atoms with Gasteiger partial charge in [-0.3, -0.25) is 14.4 Å². The van der Waals surface area contributed by atoms with Gasteiger partial charge in [-0.05, 0) is 49.1 Å². The molecule has 0 spiro atoms. The predicted octanol–water partition coefficient (Wildman–Crippen LogP) is 2.92. The molecule has 2 aliphatic carbocycles. The van der Waals surface area contributed by atoms with Crippen molar-refractivity contribution >= 4 is 29.2 Å². The summed E-state index contributed by atoms with van der Waals surface area (Å²) < 4.78 is 19.5. The second-order valence-electron chi connectivity index (χ2n) is 9.72. The van der Waals surface area contributed by atoms with Gasteiger partial charge in [-0.25, -0.2) is 4.39 Å². The van der Waals surface area contributed by atoms with Gasteiger partial charge in [-0.1, -0.05) is 18.2 Å². The molecular formula is C26H26FN3O4. The van der Waals surface area contributed by atoms with Gasteiger partial charge in [0.1, 0.15) is 11.9 Å². The molecule has 5 atom stereocenters. The number of carbonyl (C=O) groups excluding carboxylic acids is 3. The minimum Gasteiger partial charge on any atom is -0.462 e. The van der Waals surface area contributed by atoms with Gasteiger partial charge in [-0.2, -0.15) is 0 Å². The molecule has 2 amide bonds. The van der Waals surface area contributed by atoms with Crippen LogP contribution < -0.4 is 10.2 Å². The van der Waals surface area contributed by atoms with E-state index in [0.717, 1.165) is 12.8 Å². The lowest BCUT2D eigenvalue weighted by Gasteiger charge is -2.36. The highest BCUT2D eigenvalue weighted by Crippen LogP contribution is 2.57. The SMILES string of the molecule is O=C1O[C@@H]2C[C@@H]3C[C@H]2[C@@H]1[C@H]3C(=O)Nc1cccc(C(=O)N2CCN(c3ccccc3F)CC2)c1. The Balaban J connectivity index is 1.11. The monoisotopic (exact) mass is 463 g/mol. The first kappa shape index (κ1) is 21.1. The number of hydrogen-bond acceptors (Lipinski definition) is 5. The topological polar surface area (TPSA) is 78.9 Å². The lowest BCUT2D eigenvalue weighted by atomic mass is 9.79. The third kappa shape index (κ3) is 3.43. The molecular weight excluding hydrogens is 437 g/mol. The van der Waals surface area contributed by atoms with Gasteiger partial charge < -0.3 is 19.9 Å². The van der Waals surface area contributed by atoms with Crippen molar-refractivity contribution in [2.75, 3.05) is 36.4 Å². The van der Waals surface area contributed by atoms with E-state index in [-0.39, 0.29) is 53.4 Å². The number of nitrogens with one attached hydrogen (secondary N) is 1. The highest BCUT2D eigenvalue weighted by Gasteiger charge is 2.63. The van der Waals surface area contributed by atoms with Crippen LogP contribution in [0.5, 0.6) is 0 Å². The van der Waals surface area contributed by atoms with Crippen LogP contribution in [0.25, 0.3) is 0 Å². The van der Waals surface area contributed by atoms with E-state index in [1.807, 2.05) is 4.90 Å². The van der Waals surface area contributed by atoms with Crippen LogP contribution in [0.2, 0.25) is 0 Å². The number of halogens is 1. The number of anilines is 2. The van der Waals surface area contributed by atoms with Gasteiger partial charge in [0.25, 0.3) is 5.91 Å². The third-order valence-corrected chi connectivity index (χ3v) is 7.92. The summed E-state index contributed by atoms with van der Waals surface area (Å²) >= 11 is 0. The number of carbonyl (C=O) groups is 3. The summed E-state index contributed by atoms with van der Waals surface area (Å²) in [5.74, 6) is -1.13. The maximum Gasteiger partial charge on any atom is 0.310 e. The molecule has 1 N–H and O–H groups in total. The number of ether oxygens (including phenoxy) is 1. The molecule has 2 aromatic carbocycles. The van der Waals surface area contributed by atoms with Crippen molar-refractivity contribution in [3.63, 3.8) is 0 Å². The molecule has 2 aromatic rings. The van der Waals surface area contributed by atoms with Gasteiger partial charge in [0, 0.05) is 43.3 Å². The van der Waals surface area contributed by atoms with Crippen molar-refractivity contribution in [3.05, 3.63) is 59.9 Å². The molecule has 2 aliphatic heterocycles. The zero-order valence-corrected chi connectivity index (χ0v) is 18.7. The van der Waals surface area contributed by atoms with Crippen molar-refractivity contribution in [1.29, 1.82) is 0 Å². The highest BCUT2D eigenvalue weighted by atomic mass is 19.1. The van der Waals surface area contributed by atoms with Crippen LogP contribution in [0, 0.1) is 29.5 Å². The summed E-state index contributed by atoms with van der Waals surface area (Å²) in [6.07, 6.45) is 1.63. The average Bonchev–Trinajstić information content (AvgIpc) is 3.47. The number of esters is 1. The molecule has 34 heavy (non-hydrogen) atoms. The van der Waals surface area contributed by atoms with E-state index in [9.17, 15) is 18.8 Å². The fraction of sp³-hybridized carbons (Fsp3) is 0.423. The largest absolute Gasteiger partial charge is 0.462 e. The molecule has 2 saturated carbocycles. The molecule has 2 heterocycles. The van der Waals surface area contributed by atoms with Crippen molar-refractivity contribution in [1.82, 2.24) is 4.90 Å². The van der Waals surface area contributed by atoms with Crippen LogP contribution in [0.1, 0.15) is 23.2 Å². The number of hydrogen-bond donors (Lipinski definition) is 1. The summed E-state index contributed by atoms with van der Waals surface area (Å²) in [7, 11) is 0. The fourth-order valence-corrected chi connectivity index (χ4v) is 6.36. The molecule has 4 fully saturated rings.